The predicted molar refractivity (Wildman–Crippen MR) is 108 cm³/mol. The molecule has 0 unspecified atom stereocenters. The van der Waals surface area contributed by atoms with Gasteiger partial charge >= 0.3 is 6.01 Å². The summed E-state index contributed by atoms with van der Waals surface area (Å²) >= 11 is 3.36. The Morgan fingerprint density at radius 1 is 1.14 bits per heavy atom. The lowest BCUT2D eigenvalue weighted by molar-refractivity contribution is 0.353. The highest BCUT2D eigenvalue weighted by atomic mass is 79.9. The van der Waals surface area contributed by atoms with E-state index >= 15 is 0 Å². The minimum absolute atomic E-state index is 0.171. The van der Waals surface area contributed by atoms with Crippen molar-refractivity contribution in [3.63, 3.8) is 0 Å². The molecule has 0 saturated heterocycles. The van der Waals surface area contributed by atoms with Gasteiger partial charge in [-0.05, 0) is 47.0 Å². The molecule has 0 radical (unpaired) electrons. The molecule has 4 rings (SSSR count). The summed E-state index contributed by atoms with van der Waals surface area (Å²) in [7, 11) is 3.02. The number of rotatable bonds is 5. The van der Waals surface area contributed by atoms with Gasteiger partial charge in [0.15, 0.2) is 0 Å². The van der Waals surface area contributed by atoms with Crippen molar-refractivity contribution in [2.24, 2.45) is 0 Å². The molecule has 1 aliphatic rings. The lowest BCUT2D eigenvalue weighted by atomic mass is 9.83. The minimum Gasteiger partial charge on any atom is -0.480 e. The van der Waals surface area contributed by atoms with Crippen molar-refractivity contribution in [1.82, 2.24) is 19.5 Å². The van der Waals surface area contributed by atoms with Crippen LogP contribution in [0.5, 0.6) is 11.9 Å². The maximum Gasteiger partial charge on any atom is 0.319 e. The van der Waals surface area contributed by atoms with E-state index in [-0.39, 0.29) is 11.6 Å². The number of methoxy groups -OCH3 is 2. The Hall–Kier alpha value is -2.74. The molecule has 3 heterocycles. The fraction of sp³-hybridized carbons (Fsp3) is 0.300. The third-order valence-electron chi connectivity index (χ3n) is 4.96. The molecule has 0 atom stereocenters. The fourth-order valence-corrected chi connectivity index (χ4v) is 3.61. The molecule has 0 aliphatic heterocycles. The van der Waals surface area contributed by atoms with Gasteiger partial charge in [0.25, 0.3) is 5.56 Å². The number of hydrogen-bond acceptors (Lipinski definition) is 6. The van der Waals surface area contributed by atoms with Gasteiger partial charge in [-0.25, -0.2) is 4.98 Å². The topological polar surface area (TPSA) is 79.1 Å². The van der Waals surface area contributed by atoms with Gasteiger partial charge in [-0.15, -0.1) is 0 Å². The molecule has 3 aromatic rings. The van der Waals surface area contributed by atoms with E-state index in [4.69, 9.17) is 9.47 Å². The van der Waals surface area contributed by atoms with Crippen LogP contribution in [0.2, 0.25) is 0 Å². The number of ether oxygens (including phenoxy) is 2. The van der Waals surface area contributed by atoms with Gasteiger partial charge in [0.2, 0.25) is 5.88 Å². The lowest BCUT2D eigenvalue weighted by Crippen LogP contribution is -2.19. The summed E-state index contributed by atoms with van der Waals surface area (Å²) in [6, 6.07) is 5.87. The Balaban J connectivity index is 1.78. The zero-order chi connectivity index (χ0) is 19.7. The van der Waals surface area contributed by atoms with Crippen molar-refractivity contribution < 1.29 is 9.47 Å². The first-order valence-electron chi connectivity index (χ1n) is 8.94. The van der Waals surface area contributed by atoms with Crippen LogP contribution in [0.3, 0.4) is 0 Å². The van der Waals surface area contributed by atoms with E-state index in [1.54, 1.807) is 29.2 Å². The van der Waals surface area contributed by atoms with Crippen LogP contribution >= 0.6 is 15.9 Å². The second-order valence-electron chi connectivity index (χ2n) is 6.60. The first-order valence-corrected chi connectivity index (χ1v) is 9.74. The van der Waals surface area contributed by atoms with E-state index in [0.29, 0.717) is 27.5 Å². The SMILES string of the molecule is COc1ncc(-c2cc(Br)c(=O)n(-c3ccc(C4CCC4)nc3)c2)c(OC)n1. The predicted octanol–water partition coefficient (Wildman–Crippen LogP) is 3.74. The smallest absolute Gasteiger partial charge is 0.319 e. The van der Waals surface area contributed by atoms with Gasteiger partial charge < -0.3 is 9.47 Å². The summed E-state index contributed by atoms with van der Waals surface area (Å²) in [4.78, 5) is 25.6. The molecule has 0 N–H and O–H groups in total. The summed E-state index contributed by atoms with van der Waals surface area (Å²) in [6.45, 7) is 0. The standard InChI is InChI=1S/C20H19BrN4O3/c1-27-18-15(10-23-20(24-18)28-2)13-8-16(21)19(26)25(11-13)14-6-7-17(22-9-14)12-4-3-5-12/h6-12H,3-5H2,1-2H3. The van der Waals surface area contributed by atoms with E-state index in [9.17, 15) is 4.79 Å². The van der Waals surface area contributed by atoms with Crippen LogP contribution in [-0.4, -0.2) is 33.7 Å². The van der Waals surface area contributed by atoms with E-state index < -0.39 is 0 Å². The largest absolute Gasteiger partial charge is 0.480 e. The third kappa shape index (κ3) is 3.40. The maximum absolute atomic E-state index is 12.7. The van der Waals surface area contributed by atoms with E-state index in [0.717, 1.165) is 11.3 Å². The van der Waals surface area contributed by atoms with Gasteiger partial charge in [-0.2, -0.15) is 4.98 Å². The molecular weight excluding hydrogens is 424 g/mol. The van der Waals surface area contributed by atoms with Crippen LogP contribution in [0.4, 0.5) is 0 Å². The van der Waals surface area contributed by atoms with Crippen molar-refractivity contribution in [2.45, 2.75) is 25.2 Å². The van der Waals surface area contributed by atoms with Crippen molar-refractivity contribution in [1.29, 1.82) is 0 Å². The third-order valence-corrected chi connectivity index (χ3v) is 5.53. The number of nitrogens with zero attached hydrogens (tertiary/aromatic N) is 4. The second kappa shape index (κ2) is 7.71. The first-order chi connectivity index (χ1) is 13.6. The summed E-state index contributed by atoms with van der Waals surface area (Å²) in [5.74, 6) is 0.909. The Morgan fingerprint density at radius 2 is 1.96 bits per heavy atom. The van der Waals surface area contributed by atoms with Gasteiger partial charge in [0.05, 0.1) is 36.1 Å². The first kappa shape index (κ1) is 18.6. The molecule has 0 aromatic carbocycles. The fourth-order valence-electron chi connectivity index (χ4n) is 3.18. The Bertz CT molecular complexity index is 1060. The average Bonchev–Trinajstić information content (AvgIpc) is 2.69. The monoisotopic (exact) mass is 442 g/mol. The van der Waals surface area contributed by atoms with Gasteiger partial charge in [0, 0.05) is 29.6 Å². The quantitative estimate of drug-likeness (QED) is 0.598. The molecule has 144 valence electrons. The van der Waals surface area contributed by atoms with E-state index in [1.165, 1.54) is 33.5 Å². The van der Waals surface area contributed by atoms with Crippen LogP contribution in [0, 0.1) is 0 Å². The van der Waals surface area contributed by atoms with Crippen LogP contribution in [0.15, 0.2) is 46.1 Å². The Kier molecular flexibility index (Phi) is 5.13. The van der Waals surface area contributed by atoms with Crippen LogP contribution in [-0.2, 0) is 0 Å². The molecule has 1 fully saturated rings. The average molecular weight is 443 g/mol. The summed E-state index contributed by atoms with van der Waals surface area (Å²) in [6.07, 6.45) is 8.72. The lowest BCUT2D eigenvalue weighted by Gasteiger charge is -2.24. The number of aromatic nitrogens is 4. The van der Waals surface area contributed by atoms with Crippen molar-refractivity contribution >= 4 is 15.9 Å². The van der Waals surface area contributed by atoms with Gasteiger partial charge in [-0.1, -0.05) is 6.42 Å². The number of halogens is 1. The molecule has 0 amide bonds. The van der Waals surface area contributed by atoms with E-state index in [1.807, 2.05) is 12.1 Å². The summed E-state index contributed by atoms with van der Waals surface area (Å²) in [5, 5.41) is 0. The minimum atomic E-state index is -0.171. The summed E-state index contributed by atoms with van der Waals surface area (Å²) < 4.78 is 12.4. The van der Waals surface area contributed by atoms with E-state index in [2.05, 4.69) is 30.9 Å². The van der Waals surface area contributed by atoms with Crippen molar-refractivity contribution in [3.05, 3.63) is 57.3 Å². The molecule has 3 aromatic heterocycles. The molecule has 0 spiro atoms. The summed E-state index contributed by atoms with van der Waals surface area (Å²) in [5.41, 5.74) is 2.99. The van der Waals surface area contributed by atoms with Crippen LogP contribution < -0.4 is 15.0 Å². The number of hydrogen-bond donors (Lipinski definition) is 0. The normalized spacial score (nSPS) is 13.8. The molecule has 7 nitrogen and oxygen atoms in total. The molecule has 8 heteroatoms. The highest BCUT2D eigenvalue weighted by Gasteiger charge is 2.21. The molecule has 1 aliphatic carbocycles. The Morgan fingerprint density at radius 3 is 2.57 bits per heavy atom. The van der Waals surface area contributed by atoms with Gasteiger partial charge in [0.1, 0.15) is 0 Å². The molecular formula is C20H19BrN4O3. The molecule has 1 saturated carbocycles. The second-order valence-corrected chi connectivity index (χ2v) is 7.45. The van der Waals surface area contributed by atoms with Crippen molar-refractivity contribution in [3.8, 4) is 28.7 Å². The molecule has 0 bridgehead atoms. The number of pyridine rings is 2. The Labute approximate surface area is 170 Å². The zero-order valence-electron chi connectivity index (χ0n) is 15.6. The highest BCUT2D eigenvalue weighted by molar-refractivity contribution is 9.10. The van der Waals surface area contributed by atoms with Crippen molar-refractivity contribution in [2.75, 3.05) is 14.2 Å². The van der Waals surface area contributed by atoms with Gasteiger partial charge in [-0.3, -0.25) is 14.3 Å². The molecule has 28 heavy (non-hydrogen) atoms. The zero-order valence-corrected chi connectivity index (χ0v) is 17.1. The highest BCUT2D eigenvalue weighted by Crippen LogP contribution is 2.35. The maximum atomic E-state index is 12.7. The van der Waals surface area contributed by atoms with Crippen LogP contribution in [0.1, 0.15) is 30.9 Å². The van der Waals surface area contributed by atoms with Crippen LogP contribution in [0.25, 0.3) is 16.8 Å².